The van der Waals surface area contributed by atoms with Crippen LogP contribution < -0.4 is 5.32 Å². The molecule has 0 aromatic heterocycles. The SMILES string of the molecule is CC1CCCN(C(=O)NC(C(=O)O)c2ccccc2)CC1. The first-order valence-corrected chi connectivity index (χ1v) is 7.41. The standard InChI is InChI=1S/C16H22N2O3/c1-12-6-5-10-18(11-9-12)16(21)17-14(15(19)20)13-7-3-2-4-8-13/h2-4,7-8,12,14H,5-6,9-11H2,1H3,(H,17,21)(H,19,20). The topological polar surface area (TPSA) is 69.6 Å². The van der Waals surface area contributed by atoms with Gasteiger partial charge in [0.2, 0.25) is 0 Å². The lowest BCUT2D eigenvalue weighted by Gasteiger charge is -2.24. The van der Waals surface area contributed by atoms with Crippen molar-refractivity contribution in [2.24, 2.45) is 5.92 Å². The van der Waals surface area contributed by atoms with Crippen LogP contribution in [0.1, 0.15) is 37.8 Å². The second kappa shape index (κ2) is 7.11. The second-order valence-corrected chi connectivity index (χ2v) is 5.65. The molecule has 2 rings (SSSR count). The van der Waals surface area contributed by atoms with E-state index in [1.54, 1.807) is 29.2 Å². The van der Waals surface area contributed by atoms with Crippen molar-refractivity contribution >= 4 is 12.0 Å². The summed E-state index contributed by atoms with van der Waals surface area (Å²) in [6, 6.07) is 7.49. The molecule has 0 spiro atoms. The number of carbonyl (C=O) groups is 2. The summed E-state index contributed by atoms with van der Waals surface area (Å²) in [5.74, 6) is -0.426. The van der Waals surface area contributed by atoms with Crippen LogP contribution in [0.15, 0.2) is 30.3 Å². The number of hydrogen-bond donors (Lipinski definition) is 2. The highest BCUT2D eigenvalue weighted by molar-refractivity contribution is 5.83. The summed E-state index contributed by atoms with van der Waals surface area (Å²) in [5.41, 5.74) is 0.585. The number of carboxylic acids is 1. The molecule has 2 N–H and O–H groups in total. The maximum atomic E-state index is 12.3. The Morgan fingerprint density at radius 1 is 1.24 bits per heavy atom. The van der Waals surface area contributed by atoms with Crippen molar-refractivity contribution in [2.75, 3.05) is 13.1 Å². The molecule has 1 aliphatic rings. The van der Waals surface area contributed by atoms with E-state index in [1.165, 1.54) is 0 Å². The van der Waals surface area contributed by atoms with E-state index in [1.807, 2.05) is 6.07 Å². The van der Waals surface area contributed by atoms with Gasteiger partial charge in [0.05, 0.1) is 0 Å². The molecule has 1 aromatic rings. The maximum Gasteiger partial charge on any atom is 0.330 e. The highest BCUT2D eigenvalue weighted by Crippen LogP contribution is 2.18. The van der Waals surface area contributed by atoms with Crippen LogP contribution in [0.5, 0.6) is 0 Å². The molecule has 2 amide bonds. The predicted molar refractivity (Wildman–Crippen MR) is 79.9 cm³/mol. The largest absolute Gasteiger partial charge is 0.479 e. The molecule has 1 fully saturated rings. The molecule has 2 atom stereocenters. The minimum Gasteiger partial charge on any atom is -0.479 e. The molecule has 0 saturated carbocycles. The molecular formula is C16H22N2O3. The molecule has 1 aliphatic heterocycles. The first kappa shape index (κ1) is 15.4. The van der Waals surface area contributed by atoms with Crippen molar-refractivity contribution in [3.8, 4) is 0 Å². The van der Waals surface area contributed by atoms with Crippen LogP contribution in [0, 0.1) is 5.92 Å². The van der Waals surface area contributed by atoms with Crippen LogP contribution >= 0.6 is 0 Å². The molecule has 5 heteroatoms. The summed E-state index contributed by atoms with van der Waals surface area (Å²) >= 11 is 0. The fraction of sp³-hybridized carbons (Fsp3) is 0.500. The van der Waals surface area contributed by atoms with Crippen molar-refractivity contribution in [3.05, 3.63) is 35.9 Å². The average molecular weight is 290 g/mol. The number of nitrogens with zero attached hydrogens (tertiary/aromatic N) is 1. The van der Waals surface area contributed by atoms with Gasteiger partial charge in [0.25, 0.3) is 0 Å². The van der Waals surface area contributed by atoms with Gasteiger partial charge in [-0.1, -0.05) is 37.3 Å². The van der Waals surface area contributed by atoms with E-state index in [2.05, 4.69) is 12.2 Å². The number of carboxylic acid groups (broad SMARTS) is 1. The molecule has 0 bridgehead atoms. The third-order valence-corrected chi connectivity index (χ3v) is 3.95. The predicted octanol–water partition coefficient (Wildman–Crippen LogP) is 2.64. The Kier molecular flexibility index (Phi) is 5.20. The number of carbonyl (C=O) groups excluding carboxylic acids is 1. The number of benzene rings is 1. The summed E-state index contributed by atoms with van der Waals surface area (Å²) in [7, 11) is 0. The second-order valence-electron chi connectivity index (χ2n) is 5.65. The van der Waals surface area contributed by atoms with Gasteiger partial charge in [0.15, 0.2) is 6.04 Å². The number of likely N-dealkylation sites (tertiary alicyclic amines) is 1. The van der Waals surface area contributed by atoms with E-state index < -0.39 is 12.0 Å². The van der Waals surface area contributed by atoms with E-state index in [9.17, 15) is 14.7 Å². The highest BCUT2D eigenvalue weighted by atomic mass is 16.4. The molecule has 0 aliphatic carbocycles. The molecule has 0 radical (unpaired) electrons. The normalized spacial score (nSPS) is 20.4. The molecule has 5 nitrogen and oxygen atoms in total. The van der Waals surface area contributed by atoms with Crippen LogP contribution in [0.2, 0.25) is 0 Å². The van der Waals surface area contributed by atoms with E-state index in [4.69, 9.17) is 0 Å². The zero-order valence-electron chi connectivity index (χ0n) is 12.3. The Bertz CT molecular complexity index is 490. The van der Waals surface area contributed by atoms with Gasteiger partial charge in [-0.2, -0.15) is 0 Å². The Morgan fingerprint density at radius 3 is 2.62 bits per heavy atom. The Hall–Kier alpha value is -2.04. The number of urea groups is 1. The van der Waals surface area contributed by atoms with Crippen molar-refractivity contribution in [1.29, 1.82) is 0 Å². The van der Waals surface area contributed by atoms with E-state index in [-0.39, 0.29) is 6.03 Å². The molecular weight excluding hydrogens is 268 g/mol. The number of rotatable bonds is 3. The third kappa shape index (κ3) is 4.21. The van der Waals surface area contributed by atoms with Crippen LogP contribution in [-0.2, 0) is 4.79 Å². The fourth-order valence-corrected chi connectivity index (χ4v) is 2.61. The summed E-state index contributed by atoms with van der Waals surface area (Å²) in [5, 5.41) is 12.0. The van der Waals surface area contributed by atoms with E-state index >= 15 is 0 Å². The number of aliphatic carboxylic acids is 1. The van der Waals surface area contributed by atoms with Crippen LogP contribution in [0.3, 0.4) is 0 Å². The molecule has 2 unspecified atom stereocenters. The van der Waals surface area contributed by atoms with E-state index in [0.717, 1.165) is 19.3 Å². The smallest absolute Gasteiger partial charge is 0.330 e. The highest BCUT2D eigenvalue weighted by Gasteiger charge is 2.25. The molecule has 1 aromatic carbocycles. The zero-order valence-corrected chi connectivity index (χ0v) is 12.3. The lowest BCUT2D eigenvalue weighted by Crippen LogP contribution is -2.44. The van der Waals surface area contributed by atoms with Crippen LogP contribution in [-0.4, -0.2) is 35.1 Å². The summed E-state index contributed by atoms with van der Waals surface area (Å²) in [6.07, 6.45) is 3.05. The van der Waals surface area contributed by atoms with Crippen LogP contribution in [0.4, 0.5) is 4.79 Å². The number of nitrogens with one attached hydrogen (secondary N) is 1. The van der Waals surface area contributed by atoms with Gasteiger partial charge in [-0.25, -0.2) is 9.59 Å². The zero-order chi connectivity index (χ0) is 15.2. The fourth-order valence-electron chi connectivity index (χ4n) is 2.61. The molecule has 1 heterocycles. The lowest BCUT2D eigenvalue weighted by molar-refractivity contribution is -0.139. The lowest BCUT2D eigenvalue weighted by atomic mass is 10.0. The molecule has 21 heavy (non-hydrogen) atoms. The van der Waals surface area contributed by atoms with Gasteiger partial charge in [-0.15, -0.1) is 0 Å². The van der Waals surface area contributed by atoms with E-state index in [0.29, 0.717) is 24.6 Å². The summed E-state index contributed by atoms with van der Waals surface area (Å²) < 4.78 is 0. The molecule has 1 saturated heterocycles. The van der Waals surface area contributed by atoms with Crippen molar-refractivity contribution < 1.29 is 14.7 Å². The first-order chi connectivity index (χ1) is 10.1. The first-order valence-electron chi connectivity index (χ1n) is 7.41. The summed E-state index contributed by atoms with van der Waals surface area (Å²) in [4.78, 5) is 25.4. The minimum absolute atomic E-state index is 0.291. The van der Waals surface area contributed by atoms with Gasteiger partial charge in [0.1, 0.15) is 0 Å². The van der Waals surface area contributed by atoms with Gasteiger partial charge in [-0.05, 0) is 30.7 Å². The maximum absolute atomic E-state index is 12.3. The Labute approximate surface area is 125 Å². The van der Waals surface area contributed by atoms with Crippen LogP contribution in [0.25, 0.3) is 0 Å². The van der Waals surface area contributed by atoms with Crippen molar-refractivity contribution in [2.45, 2.75) is 32.2 Å². The van der Waals surface area contributed by atoms with Gasteiger partial charge >= 0.3 is 12.0 Å². The Morgan fingerprint density at radius 2 is 1.95 bits per heavy atom. The van der Waals surface area contributed by atoms with Gasteiger partial charge in [-0.3, -0.25) is 0 Å². The number of hydrogen-bond acceptors (Lipinski definition) is 2. The van der Waals surface area contributed by atoms with Crippen molar-refractivity contribution in [1.82, 2.24) is 10.2 Å². The summed E-state index contributed by atoms with van der Waals surface area (Å²) in [6.45, 7) is 3.57. The molecule has 114 valence electrons. The third-order valence-electron chi connectivity index (χ3n) is 3.95. The quantitative estimate of drug-likeness (QED) is 0.899. The van der Waals surface area contributed by atoms with Crippen molar-refractivity contribution in [3.63, 3.8) is 0 Å². The monoisotopic (exact) mass is 290 g/mol. The van der Waals surface area contributed by atoms with Gasteiger partial charge in [0, 0.05) is 13.1 Å². The average Bonchev–Trinajstić information content (AvgIpc) is 2.70. The van der Waals surface area contributed by atoms with Gasteiger partial charge < -0.3 is 15.3 Å². The number of amides is 2. The Balaban J connectivity index is 2.03. The minimum atomic E-state index is -1.04.